The van der Waals surface area contributed by atoms with Crippen molar-refractivity contribution >= 4 is 17.0 Å². The molecule has 0 saturated carbocycles. The van der Waals surface area contributed by atoms with Gasteiger partial charge in [-0.15, -0.1) is 0 Å². The average Bonchev–Trinajstić information content (AvgIpc) is 3.26. The Labute approximate surface area is 156 Å². The van der Waals surface area contributed by atoms with Crippen molar-refractivity contribution in [1.29, 1.82) is 0 Å². The molecule has 4 rings (SSSR count). The zero-order valence-electron chi connectivity index (χ0n) is 15.4. The lowest BCUT2D eigenvalue weighted by atomic mass is 10.1. The number of aryl methyl sites for hydroxylation is 1. The third kappa shape index (κ3) is 2.93. The van der Waals surface area contributed by atoms with Gasteiger partial charge in [-0.25, -0.2) is 15.0 Å². The molecule has 4 aromatic rings. The van der Waals surface area contributed by atoms with E-state index in [1.165, 1.54) is 0 Å². The van der Waals surface area contributed by atoms with Crippen molar-refractivity contribution in [2.75, 3.05) is 12.3 Å². The second kappa shape index (κ2) is 6.17. The van der Waals surface area contributed by atoms with E-state index >= 15 is 0 Å². The first-order chi connectivity index (χ1) is 12.9. The molecule has 0 radical (unpaired) electrons. The smallest absolute Gasteiger partial charge is 0.220 e. The Morgan fingerprint density at radius 1 is 1.30 bits per heavy atom. The van der Waals surface area contributed by atoms with Crippen LogP contribution in [0.5, 0.6) is 0 Å². The van der Waals surface area contributed by atoms with Crippen LogP contribution in [0.25, 0.3) is 33.5 Å². The summed E-state index contributed by atoms with van der Waals surface area (Å²) in [5.74, 6) is 0.197. The summed E-state index contributed by atoms with van der Waals surface area (Å²) >= 11 is 0. The molecular formula is C19H21N7O. The summed E-state index contributed by atoms with van der Waals surface area (Å²) in [7, 11) is 0. The summed E-state index contributed by atoms with van der Waals surface area (Å²) < 4.78 is 1.75. The van der Waals surface area contributed by atoms with Crippen molar-refractivity contribution in [3.8, 4) is 22.5 Å². The van der Waals surface area contributed by atoms with Crippen LogP contribution in [0.4, 0.5) is 5.95 Å². The average molecular weight is 363 g/mol. The summed E-state index contributed by atoms with van der Waals surface area (Å²) in [5.41, 5.74) is 10.2. The molecule has 138 valence electrons. The van der Waals surface area contributed by atoms with Crippen molar-refractivity contribution < 1.29 is 5.11 Å². The van der Waals surface area contributed by atoms with Crippen molar-refractivity contribution in [2.24, 2.45) is 0 Å². The van der Waals surface area contributed by atoms with Gasteiger partial charge in [0.05, 0.1) is 17.8 Å². The standard InChI is InChI=1S/C19H21N7O/c1-11-7-22-17-13(11)6-12(8-23-17)16-14(15-4-5-21-18(20)24-15)9-26(25-16)19(2,3)10-27/h4-9,27H,10H2,1-3H3,(H,22,23)(H2,20,21,24). The highest BCUT2D eigenvalue weighted by atomic mass is 16.3. The number of H-pyrrole nitrogens is 1. The molecule has 4 heterocycles. The number of aliphatic hydroxyl groups excluding tert-OH is 1. The van der Waals surface area contributed by atoms with E-state index in [1.807, 2.05) is 33.2 Å². The van der Waals surface area contributed by atoms with Gasteiger partial charge in [-0.2, -0.15) is 5.10 Å². The minimum atomic E-state index is -0.562. The lowest BCUT2D eigenvalue weighted by Gasteiger charge is -2.22. The number of hydrogen-bond donors (Lipinski definition) is 3. The number of nitrogens with two attached hydrogens (primary N) is 1. The molecule has 0 atom stereocenters. The number of anilines is 1. The molecule has 0 aliphatic heterocycles. The molecule has 4 N–H and O–H groups in total. The Kier molecular flexibility index (Phi) is 3.92. The molecule has 0 aromatic carbocycles. The van der Waals surface area contributed by atoms with E-state index in [2.05, 4.69) is 26.0 Å². The minimum absolute atomic E-state index is 0.0479. The number of hydrogen-bond acceptors (Lipinski definition) is 6. The van der Waals surface area contributed by atoms with E-state index in [1.54, 1.807) is 23.1 Å². The van der Waals surface area contributed by atoms with Gasteiger partial charge in [0.25, 0.3) is 0 Å². The van der Waals surface area contributed by atoms with Gasteiger partial charge >= 0.3 is 0 Å². The Morgan fingerprint density at radius 3 is 2.85 bits per heavy atom. The predicted octanol–water partition coefficient (Wildman–Crippen LogP) is 2.50. The number of nitrogens with zero attached hydrogens (tertiary/aromatic N) is 5. The SMILES string of the molecule is Cc1c[nH]c2ncc(-c3nn(C(C)(C)CO)cc3-c3ccnc(N)n3)cc12. The second-order valence-corrected chi connectivity index (χ2v) is 7.20. The second-order valence-electron chi connectivity index (χ2n) is 7.20. The molecule has 0 spiro atoms. The molecule has 4 aromatic heterocycles. The number of aliphatic hydroxyl groups is 1. The fourth-order valence-corrected chi connectivity index (χ4v) is 2.95. The van der Waals surface area contributed by atoms with Gasteiger partial charge < -0.3 is 15.8 Å². The van der Waals surface area contributed by atoms with E-state index < -0.39 is 5.54 Å². The van der Waals surface area contributed by atoms with Crippen LogP contribution in [0.2, 0.25) is 0 Å². The summed E-state index contributed by atoms with van der Waals surface area (Å²) in [4.78, 5) is 16.0. The molecule has 0 aliphatic rings. The van der Waals surface area contributed by atoms with E-state index in [4.69, 9.17) is 10.8 Å². The first-order valence-electron chi connectivity index (χ1n) is 8.63. The van der Waals surface area contributed by atoms with E-state index in [0.717, 1.165) is 33.4 Å². The largest absolute Gasteiger partial charge is 0.394 e. The summed E-state index contributed by atoms with van der Waals surface area (Å²) in [5, 5.41) is 15.6. The quantitative estimate of drug-likeness (QED) is 0.513. The molecule has 27 heavy (non-hydrogen) atoms. The molecule has 0 amide bonds. The molecule has 0 fully saturated rings. The van der Waals surface area contributed by atoms with E-state index in [0.29, 0.717) is 5.69 Å². The summed E-state index contributed by atoms with van der Waals surface area (Å²) in [6, 6.07) is 3.85. The third-order valence-electron chi connectivity index (χ3n) is 4.68. The number of pyridine rings is 1. The Bertz CT molecular complexity index is 1130. The maximum atomic E-state index is 9.76. The predicted molar refractivity (Wildman–Crippen MR) is 104 cm³/mol. The first kappa shape index (κ1) is 17.2. The number of rotatable bonds is 4. The molecule has 8 nitrogen and oxygen atoms in total. The van der Waals surface area contributed by atoms with Crippen molar-refractivity contribution in [2.45, 2.75) is 26.3 Å². The van der Waals surface area contributed by atoms with Crippen molar-refractivity contribution in [1.82, 2.24) is 29.7 Å². The fourth-order valence-electron chi connectivity index (χ4n) is 2.95. The number of fused-ring (bicyclic) bond motifs is 1. The molecule has 0 bridgehead atoms. The van der Waals surface area contributed by atoms with E-state index in [9.17, 15) is 5.11 Å². The fraction of sp³-hybridized carbons (Fsp3) is 0.263. The topological polar surface area (TPSA) is 119 Å². The molecule has 8 heteroatoms. The van der Waals surface area contributed by atoms with Gasteiger partial charge in [-0.3, -0.25) is 4.68 Å². The molecular weight excluding hydrogens is 342 g/mol. The summed E-state index contributed by atoms with van der Waals surface area (Å²) in [6.45, 7) is 5.82. The van der Waals surface area contributed by atoms with Crippen LogP contribution in [0.3, 0.4) is 0 Å². The maximum Gasteiger partial charge on any atom is 0.220 e. The number of nitrogens with one attached hydrogen (secondary N) is 1. The number of aromatic amines is 1. The number of nitrogen functional groups attached to an aromatic ring is 1. The van der Waals surface area contributed by atoms with Crippen molar-refractivity contribution in [3.63, 3.8) is 0 Å². The van der Waals surface area contributed by atoms with Crippen LogP contribution in [0.1, 0.15) is 19.4 Å². The monoisotopic (exact) mass is 363 g/mol. The number of aromatic nitrogens is 6. The Hall–Kier alpha value is -3.26. The first-order valence-corrected chi connectivity index (χ1v) is 8.63. The zero-order chi connectivity index (χ0) is 19.2. The molecule has 0 aliphatic carbocycles. The van der Waals surface area contributed by atoms with Gasteiger partial charge in [-0.05, 0) is 38.5 Å². The van der Waals surface area contributed by atoms with Gasteiger partial charge in [0, 0.05) is 41.3 Å². The molecule has 0 saturated heterocycles. The normalized spacial score (nSPS) is 12.0. The van der Waals surface area contributed by atoms with Crippen molar-refractivity contribution in [3.05, 3.63) is 42.5 Å². The maximum absolute atomic E-state index is 9.76. The van der Waals surface area contributed by atoms with Crippen LogP contribution in [0, 0.1) is 6.92 Å². The lowest BCUT2D eigenvalue weighted by molar-refractivity contribution is 0.152. The van der Waals surface area contributed by atoms with Gasteiger partial charge in [-0.1, -0.05) is 0 Å². The van der Waals surface area contributed by atoms with E-state index in [-0.39, 0.29) is 12.6 Å². The Morgan fingerprint density at radius 2 is 2.11 bits per heavy atom. The van der Waals surface area contributed by atoms with Crippen LogP contribution in [-0.4, -0.2) is 41.4 Å². The molecule has 0 unspecified atom stereocenters. The summed E-state index contributed by atoms with van der Waals surface area (Å²) in [6.07, 6.45) is 7.21. The van der Waals surface area contributed by atoms with Crippen LogP contribution in [0.15, 0.2) is 36.9 Å². The highest BCUT2D eigenvalue weighted by Gasteiger charge is 2.24. The third-order valence-corrected chi connectivity index (χ3v) is 4.68. The van der Waals surface area contributed by atoms with Crippen LogP contribution in [-0.2, 0) is 5.54 Å². The van der Waals surface area contributed by atoms with Gasteiger partial charge in [0.1, 0.15) is 11.3 Å². The van der Waals surface area contributed by atoms with Crippen LogP contribution >= 0.6 is 0 Å². The lowest BCUT2D eigenvalue weighted by Crippen LogP contribution is -2.30. The zero-order valence-corrected chi connectivity index (χ0v) is 15.4. The minimum Gasteiger partial charge on any atom is -0.394 e. The Balaban J connectivity index is 1.95. The van der Waals surface area contributed by atoms with Crippen LogP contribution < -0.4 is 5.73 Å². The highest BCUT2D eigenvalue weighted by Crippen LogP contribution is 2.33. The van der Waals surface area contributed by atoms with Gasteiger partial charge in [0.2, 0.25) is 5.95 Å². The highest BCUT2D eigenvalue weighted by molar-refractivity contribution is 5.87. The van der Waals surface area contributed by atoms with Gasteiger partial charge in [0.15, 0.2) is 0 Å².